The van der Waals surface area contributed by atoms with Gasteiger partial charge in [-0.2, -0.15) is 12.6 Å². The molecule has 92 valence electrons. The molecule has 0 aromatic rings. The van der Waals surface area contributed by atoms with Gasteiger partial charge >= 0.3 is 6.09 Å². The Kier molecular flexibility index (Phi) is 7.10. The number of hydrogen-bond acceptors (Lipinski definition) is 5. The lowest BCUT2D eigenvalue weighted by Gasteiger charge is -2.14. The molecule has 0 fully saturated rings. The van der Waals surface area contributed by atoms with Crippen molar-refractivity contribution in [2.24, 2.45) is 5.73 Å². The second-order valence-corrected chi connectivity index (χ2v) is 3.26. The van der Waals surface area contributed by atoms with Crippen LogP contribution in [0, 0.1) is 0 Å². The zero-order chi connectivity index (χ0) is 12.6. The van der Waals surface area contributed by atoms with E-state index in [4.69, 9.17) is 5.73 Å². The Bertz CT molecular complexity index is 272. The highest BCUT2D eigenvalue weighted by atomic mass is 32.1. The molecule has 8 heteroatoms. The van der Waals surface area contributed by atoms with Gasteiger partial charge in [0.25, 0.3) is 0 Å². The summed E-state index contributed by atoms with van der Waals surface area (Å²) in [7, 11) is 0. The largest absolute Gasteiger partial charge is 0.448 e. The maximum atomic E-state index is 11.4. The third-order valence-electron chi connectivity index (χ3n) is 1.52. The third-order valence-corrected chi connectivity index (χ3v) is 1.89. The minimum atomic E-state index is -0.901. The molecule has 0 aromatic carbocycles. The quantitative estimate of drug-likeness (QED) is 0.344. The molecule has 0 aliphatic carbocycles. The van der Waals surface area contributed by atoms with Crippen molar-refractivity contribution in [2.75, 3.05) is 18.9 Å². The van der Waals surface area contributed by atoms with Crippen molar-refractivity contribution in [3.05, 3.63) is 0 Å². The van der Waals surface area contributed by atoms with E-state index in [-0.39, 0.29) is 24.8 Å². The van der Waals surface area contributed by atoms with Crippen LogP contribution < -0.4 is 16.4 Å². The molecular weight excluding hydrogens is 234 g/mol. The van der Waals surface area contributed by atoms with Crippen LogP contribution in [0.4, 0.5) is 4.79 Å². The Morgan fingerprint density at radius 1 is 1.44 bits per heavy atom. The summed E-state index contributed by atoms with van der Waals surface area (Å²) < 4.78 is 4.40. The first-order chi connectivity index (χ1) is 7.47. The summed E-state index contributed by atoms with van der Waals surface area (Å²) in [4.78, 5) is 32.3. The molecule has 0 heterocycles. The van der Waals surface area contributed by atoms with Crippen molar-refractivity contribution in [1.82, 2.24) is 10.6 Å². The van der Waals surface area contributed by atoms with Gasteiger partial charge in [-0.25, -0.2) is 4.79 Å². The second-order valence-electron chi connectivity index (χ2n) is 2.89. The summed E-state index contributed by atoms with van der Waals surface area (Å²) in [6.07, 6.45) is -0.901. The van der Waals surface area contributed by atoms with E-state index >= 15 is 0 Å². The predicted octanol–water partition coefficient (Wildman–Crippen LogP) is -1.37. The van der Waals surface area contributed by atoms with E-state index in [1.807, 2.05) is 0 Å². The minimum absolute atomic E-state index is 0.0135. The van der Waals surface area contributed by atoms with Crippen molar-refractivity contribution in [2.45, 2.75) is 13.0 Å². The molecule has 0 bridgehead atoms. The molecule has 0 aliphatic rings. The molecule has 0 aromatic heterocycles. The first kappa shape index (κ1) is 14.6. The molecular formula is C8H15N3O4S. The minimum Gasteiger partial charge on any atom is -0.448 e. The molecule has 4 N–H and O–H groups in total. The first-order valence-electron chi connectivity index (χ1n) is 4.55. The van der Waals surface area contributed by atoms with Crippen LogP contribution >= 0.6 is 12.6 Å². The lowest BCUT2D eigenvalue weighted by molar-refractivity contribution is -0.127. The maximum absolute atomic E-state index is 11.4. The summed E-state index contributed by atoms with van der Waals surface area (Å²) in [5.41, 5.74) is 4.72. The molecule has 0 radical (unpaired) electrons. The number of nitrogens with two attached hydrogens (primary N) is 1. The highest BCUT2D eigenvalue weighted by Crippen LogP contribution is 1.88. The van der Waals surface area contributed by atoms with Crippen LogP contribution in [0.1, 0.15) is 6.92 Å². The fourth-order valence-corrected chi connectivity index (χ4v) is 1.15. The molecule has 0 aliphatic heterocycles. The van der Waals surface area contributed by atoms with Crippen molar-refractivity contribution in [1.29, 1.82) is 0 Å². The number of carbonyl (C=O) groups is 3. The van der Waals surface area contributed by atoms with Gasteiger partial charge in [-0.1, -0.05) is 0 Å². The smallest absolute Gasteiger partial charge is 0.404 e. The SMILES string of the molecule is CC(=O)NC(CS)C(=O)NCCOC(N)=O. The summed E-state index contributed by atoms with van der Waals surface area (Å²) in [6, 6.07) is -0.700. The predicted molar refractivity (Wildman–Crippen MR) is 60.0 cm³/mol. The fraction of sp³-hybridized carbons (Fsp3) is 0.625. The number of hydrogen-bond donors (Lipinski definition) is 4. The van der Waals surface area contributed by atoms with Gasteiger partial charge in [0.2, 0.25) is 11.8 Å². The van der Waals surface area contributed by atoms with E-state index < -0.39 is 18.0 Å². The average molecular weight is 249 g/mol. The van der Waals surface area contributed by atoms with Crippen LogP contribution in [-0.2, 0) is 14.3 Å². The van der Waals surface area contributed by atoms with Gasteiger partial charge in [0, 0.05) is 12.7 Å². The van der Waals surface area contributed by atoms with Gasteiger partial charge in [0.1, 0.15) is 12.6 Å². The topological polar surface area (TPSA) is 111 Å². The van der Waals surface area contributed by atoms with E-state index in [1.54, 1.807) is 0 Å². The van der Waals surface area contributed by atoms with Crippen LogP contribution in [-0.4, -0.2) is 42.9 Å². The van der Waals surface area contributed by atoms with Crippen molar-refractivity contribution in [3.8, 4) is 0 Å². The number of thiol groups is 1. The van der Waals surface area contributed by atoms with Crippen LogP contribution in [0.2, 0.25) is 0 Å². The summed E-state index contributed by atoms with van der Waals surface area (Å²) in [6.45, 7) is 1.42. The fourth-order valence-electron chi connectivity index (χ4n) is 0.889. The zero-order valence-electron chi connectivity index (χ0n) is 8.86. The van der Waals surface area contributed by atoms with Gasteiger partial charge in [0.05, 0.1) is 6.54 Å². The Labute approximate surface area is 98.5 Å². The Balaban J connectivity index is 3.84. The highest BCUT2D eigenvalue weighted by molar-refractivity contribution is 7.80. The number of carbonyl (C=O) groups excluding carboxylic acids is 3. The monoisotopic (exact) mass is 249 g/mol. The molecule has 1 atom stereocenters. The van der Waals surface area contributed by atoms with Gasteiger partial charge in [0.15, 0.2) is 0 Å². The van der Waals surface area contributed by atoms with Crippen LogP contribution in [0.3, 0.4) is 0 Å². The molecule has 0 saturated heterocycles. The molecule has 7 nitrogen and oxygen atoms in total. The van der Waals surface area contributed by atoms with Crippen LogP contribution in [0.5, 0.6) is 0 Å². The van der Waals surface area contributed by atoms with Gasteiger partial charge in [-0.3, -0.25) is 9.59 Å². The Hall–Kier alpha value is -1.44. The molecule has 0 spiro atoms. The number of ether oxygens (including phenoxy) is 1. The van der Waals surface area contributed by atoms with E-state index in [9.17, 15) is 14.4 Å². The second kappa shape index (κ2) is 7.80. The normalized spacial score (nSPS) is 11.4. The number of nitrogens with one attached hydrogen (secondary N) is 2. The lowest BCUT2D eigenvalue weighted by atomic mass is 10.3. The third kappa shape index (κ3) is 6.93. The Morgan fingerprint density at radius 3 is 2.50 bits per heavy atom. The zero-order valence-corrected chi connectivity index (χ0v) is 9.75. The Morgan fingerprint density at radius 2 is 2.06 bits per heavy atom. The number of amides is 3. The van der Waals surface area contributed by atoms with Crippen molar-refractivity contribution < 1.29 is 19.1 Å². The highest BCUT2D eigenvalue weighted by Gasteiger charge is 2.16. The summed E-state index contributed by atoms with van der Waals surface area (Å²) in [5.74, 6) is -0.525. The lowest BCUT2D eigenvalue weighted by Crippen LogP contribution is -2.48. The van der Waals surface area contributed by atoms with E-state index in [0.29, 0.717) is 0 Å². The summed E-state index contributed by atoms with van der Waals surface area (Å²) in [5, 5.41) is 4.88. The van der Waals surface area contributed by atoms with Gasteiger partial charge in [-0.05, 0) is 0 Å². The molecule has 0 saturated carbocycles. The molecule has 1 unspecified atom stereocenters. The van der Waals surface area contributed by atoms with Crippen LogP contribution in [0.15, 0.2) is 0 Å². The maximum Gasteiger partial charge on any atom is 0.404 e. The molecule has 16 heavy (non-hydrogen) atoms. The van der Waals surface area contributed by atoms with Crippen molar-refractivity contribution >= 4 is 30.5 Å². The summed E-state index contributed by atoms with van der Waals surface area (Å²) >= 11 is 3.93. The standard InChI is InChI=1S/C8H15N3O4S/c1-5(12)11-6(4-16)7(13)10-2-3-15-8(9)14/h6,16H,2-4H2,1H3,(H2,9,14)(H,10,13)(H,11,12). The molecule has 0 rings (SSSR count). The molecule has 3 amide bonds. The number of primary amides is 1. The van der Waals surface area contributed by atoms with Crippen molar-refractivity contribution in [3.63, 3.8) is 0 Å². The first-order valence-corrected chi connectivity index (χ1v) is 5.18. The van der Waals surface area contributed by atoms with Gasteiger partial charge in [-0.15, -0.1) is 0 Å². The average Bonchev–Trinajstić information content (AvgIpc) is 2.20. The number of rotatable bonds is 6. The van der Waals surface area contributed by atoms with Gasteiger partial charge < -0.3 is 21.1 Å². The van der Waals surface area contributed by atoms with Crippen LogP contribution in [0.25, 0.3) is 0 Å². The van der Waals surface area contributed by atoms with E-state index in [2.05, 4.69) is 28.0 Å². The van der Waals surface area contributed by atoms with E-state index in [1.165, 1.54) is 6.92 Å². The van der Waals surface area contributed by atoms with E-state index in [0.717, 1.165) is 0 Å².